The van der Waals surface area contributed by atoms with E-state index in [0.29, 0.717) is 5.75 Å². The molecule has 0 atom stereocenters. The van der Waals surface area contributed by atoms with E-state index in [4.69, 9.17) is 0 Å². The Balaban J connectivity index is 3.28. The van der Waals surface area contributed by atoms with Gasteiger partial charge in [-0.2, -0.15) is 0 Å². The molecule has 0 bridgehead atoms. The number of phenolic OH excluding ortho intramolecular Hbond substituents is 1. The minimum Gasteiger partial charge on any atom is -0.508 e. The molecule has 1 rings (SSSR count). The zero-order valence-electron chi connectivity index (χ0n) is 8.05. The van der Waals surface area contributed by atoms with Crippen LogP contribution in [0, 0.1) is 13.8 Å². The Morgan fingerprint density at radius 3 is 1.83 bits per heavy atom. The molecule has 1 aromatic rings. The summed E-state index contributed by atoms with van der Waals surface area (Å²) in [6.07, 6.45) is 0. The fourth-order valence-electron chi connectivity index (χ4n) is 1.64. The van der Waals surface area contributed by atoms with E-state index < -0.39 is 0 Å². The second-order valence-corrected chi connectivity index (χ2v) is 3.32. The van der Waals surface area contributed by atoms with Crippen molar-refractivity contribution in [3.63, 3.8) is 0 Å². The van der Waals surface area contributed by atoms with E-state index in [0.717, 1.165) is 11.1 Å². The Kier molecular flexibility index (Phi) is 2.27. The maximum absolute atomic E-state index is 9.28. The molecule has 0 aliphatic rings. The zero-order valence-corrected chi connectivity index (χ0v) is 8.05. The monoisotopic (exact) mass is 165 g/mol. The molecule has 0 amide bonds. The molecule has 66 valence electrons. The molecule has 0 unspecified atom stereocenters. The maximum Gasteiger partial charge on any atom is 0.116 e. The molecular weight excluding hydrogens is 150 g/mol. The zero-order chi connectivity index (χ0) is 9.30. The summed E-state index contributed by atoms with van der Waals surface area (Å²) in [6, 6.07) is 3.56. The van der Waals surface area contributed by atoms with Gasteiger partial charge >= 0.3 is 0 Å². The second kappa shape index (κ2) is 3.05. The third kappa shape index (κ3) is 1.52. The lowest BCUT2D eigenvalue weighted by molar-refractivity contribution is 0.474. The number of rotatable bonds is 1. The standard InChI is InChI=1S/C10H15NO/c1-7-5-9(12)6-8(2)10(7)11(3)4/h5-6,12H,1-4H3. The first-order valence-electron chi connectivity index (χ1n) is 4.00. The van der Waals surface area contributed by atoms with Crippen molar-refractivity contribution in [3.8, 4) is 5.75 Å². The Morgan fingerprint density at radius 1 is 1.08 bits per heavy atom. The number of anilines is 1. The summed E-state index contributed by atoms with van der Waals surface area (Å²) in [5, 5.41) is 9.28. The number of hydrogen-bond donors (Lipinski definition) is 1. The molecule has 1 aromatic carbocycles. The highest BCUT2D eigenvalue weighted by Crippen LogP contribution is 2.26. The first kappa shape index (κ1) is 8.91. The second-order valence-electron chi connectivity index (χ2n) is 3.32. The van der Waals surface area contributed by atoms with Crippen LogP contribution in [0.2, 0.25) is 0 Å². The van der Waals surface area contributed by atoms with Gasteiger partial charge in [-0.1, -0.05) is 0 Å². The van der Waals surface area contributed by atoms with Gasteiger partial charge in [0.05, 0.1) is 0 Å². The minimum absolute atomic E-state index is 0.343. The van der Waals surface area contributed by atoms with Gasteiger partial charge in [-0.15, -0.1) is 0 Å². The number of nitrogens with zero attached hydrogens (tertiary/aromatic N) is 1. The predicted molar refractivity (Wildman–Crippen MR) is 51.9 cm³/mol. The van der Waals surface area contributed by atoms with E-state index in [9.17, 15) is 5.11 Å². The van der Waals surface area contributed by atoms with Crippen molar-refractivity contribution < 1.29 is 5.11 Å². The van der Waals surface area contributed by atoms with Gasteiger partial charge in [0.15, 0.2) is 0 Å². The molecule has 0 radical (unpaired) electrons. The molecule has 0 aromatic heterocycles. The lowest BCUT2D eigenvalue weighted by Crippen LogP contribution is -2.11. The summed E-state index contributed by atoms with van der Waals surface area (Å²) < 4.78 is 0. The molecular formula is C10H15NO. The van der Waals surface area contributed by atoms with Gasteiger partial charge < -0.3 is 10.0 Å². The average molecular weight is 165 g/mol. The molecule has 0 saturated heterocycles. The summed E-state index contributed by atoms with van der Waals surface area (Å²) in [7, 11) is 4.01. The number of aromatic hydroxyl groups is 1. The Morgan fingerprint density at radius 2 is 1.50 bits per heavy atom. The largest absolute Gasteiger partial charge is 0.508 e. The highest BCUT2D eigenvalue weighted by Gasteiger charge is 2.05. The molecule has 2 nitrogen and oxygen atoms in total. The fourth-order valence-corrected chi connectivity index (χ4v) is 1.64. The topological polar surface area (TPSA) is 23.5 Å². The molecule has 0 fully saturated rings. The van der Waals surface area contributed by atoms with Crippen LogP contribution in [0.1, 0.15) is 11.1 Å². The normalized spacial score (nSPS) is 10.0. The van der Waals surface area contributed by atoms with E-state index in [2.05, 4.69) is 4.90 Å². The van der Waals surface area contributed by atoms with Crippen molar-refractivity contribution in [1.29, 1.82) is 0 Å². The SMILES string of the molecule is Cc1cc(O)cc(C)c1N(C)C. The van der Waals surface area contributed by atoms with Crippen molar-refractivity contribution in [1.82, 2.24) is 0 Å². The average Bonchev–Trinajstić information content (AvgIpc) is 1.82. The Labute approximate surface area is 73.4 Å². The van der Waals surface area contributed by atoms with Gasteiger partial charge in [-0.05, 0) is 37.1 Å². The van der Waals surface area contributed by atoms with Crippen molar-refractivity contribution in [2.24, 2.45) is 0 Å². The van der Waals surface area contributed by atoms with Crippen LogP contribution in [0.25, 0.3) is 0 Å². The number of hydrogen-bond acceptors (Lipinski definition) is 2. The van der Waals surface area contributed by atoms with Crippen LogP contribution in [0.15, 0.2) is 12.1 Å². The van der Waals surface area contributed by atoms with Crippen molar-refractivity contribution in [2.75, 3.05) is 19.0 Å². The predicted octanol–water partition coefficient (Wildman–Crippen LogP) is 2.08. The van der Waals surface area contributed by atoms with Crippen LogP contribution >= 0.6 is 0 Å². The summed E-state index contributed by atoms with van der Waals surface area (Å²) in [5.74, 6) is 0.343. The number of phenols is 1. The van der Waals surface area contributed by atoms with Crippen LogP contribution in [0.3, 0.4) is 0 Å². The highest BCUT2D eigenvalue weighted by molar-refractivity contribution is 5.60. The minimum atomic E-state index is 0.343. The fraction of sp³-hybridized carbons (Fsp3) is 0.400. The van der Waals surface area contributed by atoms with E-state index >= 15 is 0 Å². The van der Waals surface area contributed by atoms with Crippen molar-refractivity contribution in [3.05, 3.63) is 23.3 Å². The maximum atomic E-state index is 9.28. The third-order valence-corrected chi connectivity index (χ3v) is 1.92. The van der Waals surface area contributed by atoms with Gasteiger partial charge in [0.2, 0.25) is 0 Å². The summed E-state index contributed by atoms with van der Waals surface area (Å²) >= 11 is 0. The molecule has 2 heteroatoms. The summed E-state index contributed by atoms with van der Waals surface area (Å²) in [5.41, 5.74) is 3.41. The molecule has 0 aliphatic heterocycles. The van der Waals surface area contributed by atoms with Gasteiger partial charge in [0, 0.05) is 19.8 Å². The van der Waals surface area contributed by atoms with E-state index in [1.807, 2.05) is 27.9 Å². The highest BCUT2D eigenvalue weighted by atomic mass is 16.3. The lowest BCUT2D eigenvalue weighted by atomic mass is 10.1. The van der Waals surface area contributed by atoms with Crippen LogP contribution in [-0.4, -0.2) is 19.2 Å². The lowest BCUT2D eigenvalue weighted by Gasteiger charge is -2.18. The van der Waals surface area contributed by atoms with Gasteiger partial charge in [-0.3, -0.25) is 0 Å². The van der Waals surface area contributed by atoms with Crippen molar-refractivity contribution in [2.45, 2.75) is 13.8 Å². The summed E-state index contributed by atoms with van der Waals surface area (Å²) in [6.45, 7) is 4.00. The van der Waals surface area contributed by atoms with E-state index in [1.54, 1.807) is 12.1 Å². The van der Waals surface area contributed by atoms with Crippen LogP contribution in [0.5, 0.6) is 5.75 Å². The molecule has 0 spiro atoms. The number of aryl methyl sites for hydroxylation is 2. The van der Waals surface area contributed by atoms with Gasteiger partial charge in [0.1, 0.15) is 5.75 Å². The number of benzene rings is 1. The van der Waals surface area contributed by atoms with Crippen LogP contribution in [0.4, 0.5) is 5.69 Å². The molecule has 12 heavy (non-hydrogen) atoms. The smallest absolute Gasteiger partial charge is 0.116 e. The molecule has 0 heterocycles. The Bertz CT molecular complexity index is 269. The first-order valence-corrected chi connectivity index (χ1v) is 4.00. The first-order chi connectivity index (χ1) is 5.52. The molecule has 0 aliphatic carbocycles. The van der Waals surface area contributed by atoms with E-state index in [-0.39, 0.29) is 0 Å². The molecule has 0 saturated carbocycles. The molecule has 1 N–H and O–H groups in total. The van der Waals surface area contributed by atoms with Crippen molar-refractivity contribution >= 4 is 5.69 Å². The quantitative estimate of drug-likeness (QED) is 0.688. The Hall–Kier alpha value is -1.18. The van der Waals surface area contributed by atoms with Gasteiger partial charge in [-0.25, -0.2) is 0 Å². The van der Waals surface area contributed by atoms with Gasteiger partial charge in [0.25, 0.3) is 0 Å². The van der Waals surface area contributed by atoms with E-state index in [1.165, 1.54) is 5.69 Å². The third-order valence-electron chi connectivity index (χ3n) is 1.92. The van der Waals surface area contributed by atoms with Crippen LogP contribution < -0.4 is 4.90 Å². The van der Waals surface area contributed by atoms with Crippen LogP contribution in [-0.2, 0) is 0 Å². The summed E-state index contributed by atoms with van der Waals surface area (Å²) in [4.78, 5) is 2.06.